The third-order valence-electron chi connectivity index (χ3n) is 8.06. The Morgan fingerprint density at radius 1 is 1.02 bits per heavy atom. The molecule has 11 nitrogen and oxygen atoms in total. The molecular formula is C32H43BrN4O7S. The summed E-state index contributed by atoms with van der Waals surface area (Å²) in [6.07, 6.45) is 1.55. The van der Waals surface area contributed by atoms with E-state index < -0.39 is 44.6 Å². The number of alkyl carbamates (subject to hydrolysis) is 1. The van der Waals surface area contributed by atoms with Crippen molar-refractivity contribution in [2.24, 2.45) is 0 Å². The predicted octanol–water partition coefficient (Wildman–Crippen LogP) is 4.09. The number of nitrogens with zero attached hydrogens (tertiary/aromatic N) is 2. The number of sulfonamides is 1. The molecule has 4 rings (SSSR count). The third-order valence-corrected chi connectivity index (χ3v) is 9.68. The Morgan fingerprint density at radius 2 is 1.67 bits per heavy atom. The molecule has 2 aromatic rings. The second-order valence-electron chi connectivity index (χ2n) is 13.3. The lowest BCUT2D eigenvalue weighted by Gasteiger charge is -2.41. The molecule has 0 saturated carbocycles. The SMILES string of the molecule is CC(C)(C)OC(=O)NC(C)(C)C(=O)N[C@H](COCc1ccccc1)C(=O)N1CCC2(CC1)CN(S(C)(=O)=O)c1ccc(Br)cc12. The van der Waals surface area contributed by atoms with Gasteiger partial charge in [0.1, 0.15) is 17.2 Å². The average molecular weight is 708 g/mol. The predicted molar refractivity (Wildman–Crippen MR) is 175 cm³/mol. The number of amides is 3. The fourth-order valence-corrected chi connectivity index (χ4v) is 7.05. The van der Waals surface area contributed by atoms with Gasteiger partial charge in [-0.2, -0.15) is 0 Å². The zero-order valence-electron chi connectivity index (χ0n) is 26.7. The summed E-state index contributed by atoms with van der Waals surface area (Å²) in [5.74, 6) is -0.881. The highest BCUT2D eigenvalue weighted by Crippen LogP contribution is 2.48. The number of carbonyl (C=O) groups is 3. The first kappa shape index (κ1) is 34.7. The Morgan fingerprint density at radius 3 is 2.27 bits per heavy atom. The zero-order chi connectivity index (χ0) is 33.2. The normalized spacial score (nSPS) is 17.0. The van der Waals surface area contributed by atoms with Gasteiger partial charge in [-0.1, -0.05) is 46.3 Å². The largest absolute Gasteiger partial charge is 0.444 e. The second-order valence-corrected chi connectivity index (χ2v) is 16.1. The number of hydrogen-bond donors (Lipinski definition) is 2. The lowest BCUT2D eigenvalue weighted by atomic mass is 9.74. The maximum Gasteiger partial charge on any atom is 0.408 e. The van der Waals surface area contributed by atoms with Gasteiger partial charge in [-0.15, -0.1) is 0 Å². The highest BCUT2D eigenvalue weighted by atomic mass is 79.9. The minimum absolute atomic E-state index is 0.0821. The second kappa shape index (κ2) is 13.3. The fourth-order valence-electron chi connectivity index (χ4n) is 5.69. The van der Waals surface area contributed by atoms with Gasteiger partial charge in [-0.25, -0.2) is 13.2 Å². The molecule has 2 N–H and O–H groups in total. The summed E-state index contributed by atoms with van der Waals surface area (Å²) in [7, 11) is -3.49. The lowest BCUT2D eigenvalue weighted by molar-refractivity contribution is -0.141. The standard InChI is InChI=1S/C32H43BrN4O7S/c1-30(2,3)44-29(40)35-31(4,5)28(39)34-25(20-43-19-22-10-8-7-9-11-22)27(38)36-16-14-32(15-17-36)21-37(45(6,41)42)26-13-12-23(33)18-24(26)32/h7-13,18,25H,14-17,19-21H2,1-6H3,(H,34,39)(H,35,40)/t25-/m1/s1. The van der Waals surface area contributed by atoms with Gasteiger partial charge in [0.25, 0.3) is 0 Å². The first-order valence-electron chi connectivity index (χ1n) is 14.9. The summed E-state index contributed by atoms with van der Waals surface area (Å²) in [4.78, 5) is 41.5. The summed E-state index contributed by atoms with van der Waals surface area (Å²) >= 11 is 3.53. The van der Waals surface area contributed by atoms with Crippen molar-refractivity contribution in [3.8, 4) is 0 Å². The molecule has 0 aromatic heterocycles. The first-order chi connectivity index (χ1) is 20.9. The molecule has 1 spiro atoms. The Kier molecular flexibility index (Phi) is 10.3. The van der Waals surface area contributed by atoms with Gasteiger partial charge < -0.3 is 25.0 Å². The van der Waals surface area contributed by atoms with Crippen molar-refractivity contribution in [3.05, 3.63) is 64.1 Å². The van der Waals surface area contributed by atoms with E-state index in [1.54, 1.807) is 25.7 Å². The van der Waals surface area contributed by atoms with E-state index in [2.05, 4.69) is 26.6 Å². The smallest absolute Gasteiger partial charge is 0.408 e. The first-order valence-corrected chi connectivity index (χ1v) is 17.5. The van der Waals surface area contributed by atoms with Crippen LogP contribution in [0, 0.1) is 0 Å². The van der Waals surface area contributed by atoms with E-state index >= 15 is 0 Å². The number of anilines is 1. The monoisotopic (exact) mass is 706 g/mol. The van der Waals surface area contributed by atoms with Crippen LogP contribution in [0.1, 0.15) is 58.6 Å². The number of fused-ring (bicyclic) bond motifs is 2. The maximum absolute atomic E-state index is 13.9. The van der Waals surface area contributed by atoms with Crippen LogP contribution in [-0.4, -0.2) is 80.9 Å². The van der Waals surface area contributed by atoms with Crippen LogP contribution in [-0.2, 0) is 41.1 Å². The molecule has 0 unspecified atom stereocenters. The van der Waals surface area contributed by atoms with Crippen LogP contribution in [0.25, 0.3) is 0 Å². The number of benzene rings is 2. The van der Waals surface area contributed by atoms with Crippen LogP contribution in [0.4, 0.5) is 10.5 Å². The summed E-state index contributed by atoms with van der Waals surface area (Å²) < 4.78 is 38.8. The number of halogens is 1. The molecule has 1 fully saturated rings. The van der Waals surface area contributed by atoms with Crippen LogP contribution in [0.5, 0.6) is 0 Å². The van der Waals surface area contributed by atoms with Gasteiger partial charge >= 0.3 is 6.09 Å². The van der Waals surface area contributed by atoms with Crippen molar-refractivity contribution in [2.45, 2.75) is 76.7 Å². The van der Waals surface area contributed by atoms with Gasteiger partial charge in [-0.05, 0) is 76.8 Å². The van der Waals surface area contributed by atoms with Crippen LogP contribution < -0.4 is 14.9 Å². The molecule has 246 valence electrons. The topological polar surface area (TPSA) is 134 Å². The van der Waals surface area contributed by atoms with E-state index in [9.17, 15) is 22.8 Å². The molecule has 45 heavy (non-hydrogen) atoms. The molecule has 0 aliphatic carbocycles. The maximum atomic E-state index is 13.9. The number of piperidine rings is 1. The molecule has 0 bridgehead atoms. The van der Waals surface area contributed by atoms with Crippen LogP contribution in [0.2, 0.25) is 0 Å². The average Bonchev–Trinajstić information content (AvgIpc) is 3.25. The minimum atomic E-state index is -3.49. The molecule has 13 heteroatoms. The number of carbonyl (C=O) groups excluding carboxylic acids is 3. The number of rotatable bonds is 9. The van der Waals surface area contributed by atoms with Gasteiger partial charge in [0.2, 0.25) is 21.8 Å². The molecular weight excluding hydrogens is 664 g/mol. The Labute approximate surface area is 274 Å². The van der Waals surface area contributed by atoms with E-state index in [4.69, 9.17) is 9.47 Å². The molecule has 2 heterocycles. The molecule has 1 atom stereocenters. The Hall–Kier alpha value is -3.16. The molecule has 2 aliphatic rings. The van der Waals surface area contributed by atoms with Crippen molar-refractivity contribution in [2.75, 3.05) is 36.8 Å². The van der Waals surface area contributed by atoms with Crippen LogP contribution in [0.3, 0.4) is 0 Å². The Balaban J connectivity index is 1.49. The number of likely N-dealkylation sites (tertiary alicyclic amines) is 1. The molecule has 2 aliphatic heterocycles. The summed E-state index contributed by atoms with van der Waals surface area (Å²) in [6, 6.07) is 14.1. The number of nitrogens with one attached hydrogen (secondary N) is 2. The van der Waals surface area contributed by atoms with Gasteiger partial charge in [0.15, 0.2) is 0 Å². The molecule has 2 aromatic carbocycles. The summed E-state index contributed by atoms with van der Waals surface area (Å²) in [5.41, 5.74) is -0.0490. The zero-order valence-corrected chi connectivity index (χ0v) is 29.1. The van der Waals surface area contributed by atoms with Crippen molar-refractivity contribution >= 4 is 49.5 Å². The lowest BCUT2D eigenvalue weighted by Crippen LogP contribution is -2.61. The third kappa shape index (κ3) is 8.56. The van der Waals surface area contributed by atoms with Crippen molar-refractivity contribution in [1.29, 1.82) is 0 Å². The van der Waals surface area contributed by atoms with Gasteiger partial charge in [0.05, 0.1) is 25.2 Å². The van der Waals surface area contributed by atoms with E-state index in [-0.39, 0.29) is 19.1 Å². The van der Waals surface area contributed by atoms with Gasteiger partial charge in [0, 0.05) is 29.5 Å². The molecule has 3 amide bonds. The fraction of sp³-hybridized carbons (Fsp3) is 0.531. The van der Waals surface area contributed by atoms with Crippen molar-refractivity contribution in [3.63, 3.8) is 0 Å². The summed E-state index contributed by atoms with van der Waals surface area (Å²) in [6.45, 7) is 9.45. The molecule has 0 radical (unpaired) electrons. The van der Waals surface area contributed by atoms with Crippen molar-refractivity contribution in [1.82, 2.24) is 15.5 Å². The highest BCUT2D eigenvalue weighted by Gasteiger charge is 2.48. The van der Waals surface area contributed by atoms with Crippen LogP contribution >= 0.6 is 15.9 Å². The van der Waals surface area contributed by atoms with E-state index in [1.807, 2.05) is 48.5 Å². The summed E-state index contributed by atoms with van der Waals surface area (Å²) in [5, 5.41) is 5.39. The quantitative estimate of drug-likeness (QED) is 0.401. The van der Waals surface area contributed by atoms with Gasteiger partial charge in [-0.3, -0.25) is 13.9 Å². The van der Waals surface area contributed by atoms with E-state index in [0.717, 1.165) is 15.6 Å². The Bertz CT molecular complexity index is 1520. The number of ether oxygens (including phenoxy) is 2. The van der Waals surface area contributed by atoms with E-state index in [1.165, 1.54) is 24.4 Å². The highest BCUT2D eigenvalue weighted by molar-refractivity contribution is 9.10. The van der Waals surface area contributed by atoms with Crippen LogP contribution in [0.15, 0.2) is 53.0 Å². The van der Waals surface area contributed by atoms with Crippen molar-refractivity contribution < 1.29 is 32.3 Å². The van der Waals surface area contributed by atoms with E-state index in [0.29, 0.717) is 38.2 Å². The molecule has 1 saturated heterocycles. The minimum Gasteiger partial charge on any atom is -0.444 e. The number of hydrogen-bond acceptors (Lipinski definition) is 7.